The van der Waals surface area contributed by atoms with Crippen molar-refractivity contribution in [1.29, 1.82) is 0 Å². The number of hydrogen-bond acceptors (Lipinski definition) is 6. The fourth-order valence-corrected chi connectivity index (χ4v) is 4.69. The summed E-state index contributed by atoms with van der Waals surface area (Å²) in [6, 6.07) is 10.4. The molecule has 3 aromatic rings. The van der Waals surface area contributed by atoms with E-state index in [9.17, 15) is 12.8 Å². The summed E-state index contributed by atoms with van der Waals surface area (Å²) >= 11 is 0. The lowest BCUT2D eigenvalue weighted by Gasteiger charge is -2.30. The molecule has 1 fully saturated rings. The van der Waals surface area contributed by atoms with E-state index in [4.69, 9.17) is 4.42 Å². The van der Waals surface area contributed by atoms with Gasteiger partial charge in [0.2, 0.25) is 15.9 Å². The van der Waals surface area contributed by atoms with E-state index in [1.807, 2.05) is 6.07 Å². The van der Waals surface area contributed by atoms with Gasteiger partial charge >= 0.3 is 0 Å². The Bertz CT molecular complexity index is 1040. The molecule has 0 radical (unpaired) electrons. The van der Waals surface area contributed by atoms with Crippen LogP contribution < -0.4 is 0 Å². The van der Waals surface area contributed by atoms with Gasteiger partial charge in [-0.05, 0) is 43.2 Å². The van der Waals surface area contributed by atoms with Crippen LogP contribution in [-0.4, -0.2) is 41.0 Å². The Kier molecular flexibility index (Phi) is 4.71. The van der Waals surface area contributed by atoms with Crippen LogP contribution in [0.5, 0.6) is 0 Å². The lowest BCUT2D eigenvalue weighted by atomic mass is 10.00. The SMILES string of the molecule is O=S(=O)(c1cccc(F)c1)N1CCC[C@@H](c2nnc(-c3ccccn3)o2)C1. The van der Waals surface area contributed by atoms with E-state index in [2.05, 4.69) is 15.2 Å². The third-order valence-electron chi connectivity index (χ3n) is 4.49. The first kappa shape index (κ1) is 17.7. The standard InChI is InChI=1S/C18H17FN4O3S/c19-14-6-3-7-15(11-14)27(24,25)23-10-4-5-13(12-23)17-21-22-18(26-17)16-8-1-2-9-20-16/h1-3,6-9,11,13H,4-5,10,12H2/t13-/m1/s1. The molecule has 1 saturated heterocycles. The van der Waals surface area contributed by atoms with Crippen LogP contribution >= 0.6 is 0 Å². The summed E-state index contributed by atoms with van der Waals surface area (Å²) in [5.74, 6) is -0.112. The summed E-state index contributed by atoms with van der Waals surface area (Å²) in [7, 11) is -3.78. The summed E-state index contributed by atoms with van der Waals surface area (Å²) in [6.45, 7) is 0.583. The van der Waals surface area contributed by atoms with Gasteiger partial charge in [0.1, 0.15) is 11.5 Å². The number of nitrogens with zero attached hydrogens (tertiary/aromatic N) is 4. The average molecular weight is 388 g/mol. The number of sulfonamides is 1. The van der Waals surface area contributed by atoms with E-state index >= 15 is 0 Å². The van der Waals surface area contributed by atoms with E-state index in [0.29, 0.717) is 30.4 Å². The minimum absolute atomic E-state index is 0.0529. The van der Waals surface area contributed by atoms with Crippen LogP contribution in [0.4, 0.5) is 4.39 Å². The quantitative estimate of drug-likeness (QED) is 0.683. The van der Waals surface area contributed by atoms with Gasteiger partial charge in [-0.25, -0.2) is 12.8 Å². The first-order valence-corrected chi connectivity index (χ1v) is 9.98. The van der Waals surface area contributed by atoms with E-state index in [-0.39, 0.29) is 17.4 Å². The fourth-order valence-electron chi connectivity index (χ4n) is 3.13. The zero-order valence-electron chi connectivity index (χ0n) is 14.3. The summed E-state index contributed by atoms with van der Waals surface area (Å²) < 4.78 is 46.2. The topological polar surface area (TPSA) is 89.2 Å². The predicted molar refractivity (Wildman–Crippen MR) is 94.7 cm³/mol. The van der Waals surface area contributed by atoms with Crippen molar-refractivity contribution in [3.63, 3.8) is 0 Å². The lowest BCUT2D eigenvalue weighted by Crippen LogP contribution is -2.39. The van der Waals surface area contributed by atoms with Crippen LogP contribution in [0.3, 0.4) is 0 Å². The highest BCUT2D eigenvalue weighted by atomic mass is 32.2. The van der Waals surface area contributed by atoms with E-state index in [0.717, 1.165) is 12.5 Å². The molecule has 0 saturated carbocycles. The van der Waals surface area contributed by atoms with Crippen LogP contribution in [0.15, 0.2) is 58.0 Å². The van der Waals surface area contributed by atoms with Crippen molar-refractivity contribution in [2.45, 2.75) is 23.7 Å². The van der Waals surface area contributed by atoms with Gasteiger partial charge in [0.15, 0.2) is 0 Å². The highest BCUT2D eigenvalue weighted by Crippen LogP contribution is 2.31. The Hall–Kier alpha value is -2.65. The first-order valence-electron chi connectivity index (χ1n) is 8.54. The molecule has 0 N–H and O–H groups in total. The minimum atomic E-state index is -3.78. The van der Waals surface area contributed by atoms with Gasteiger partial charge in [0, 0.05) is 19.3 Å². The normalized spacial score (nSPS) is 18.5. The molecule has 0 spiro atoms. The van der Waals surface area contributed by atoms with Crippen molar-refractivity contribution in [2.75, 3.05) is 13.1 Å². The molecule has 140 valence electrons. The molecule has 9 heteroatoms. The first-order chi connectivity index (χ1) is 13.0. The highest BCUT2D eigenvalue weighted by Gasteiger charge is 2.33. The molecule has 4 rings (SSSR count). The van der Waals surface area contributed by atoms with Crippen molar-refractivity contribution in [2.24, 2.45) is 0 Å². The number of piperidine rings is 1. The van der Waals surface area contributed by atoms with Crippen molar-refractivity contribution in [3.05, 3.63) is 60.4 Å². The van der Waals surface area contributed by atoms with Gasteiger partial charge in [-0.3, -0.25) is 4.98 Å². The zero-order valence-corrected chi connectivity index (χ0v) is 15.1. The zero-order chi connectivity index (χ0) is 18.9. The number of benzene rings is 1. The molecule has 27 heavy (non-hydrogen) atoms. The molecule has 0 amide bonds. The third kappa shape index (κ3) is 3.60. The van der Waals surface area contributed by atoms with E-state index < -0.39 is 15.8 Å². The van der Waals surface area contributed by atoms with Gasteiger partial charge < -0.3 is 4.42 Å². The molecule has 2 aromatic heterocycles. The third-order valence-corrected chi connectivity index (χ3v) is 6.35. The van der Waals surface area contributed by atoms with Crippen molar-refractivity contribution in [1.82, 2.24) is 19.5 Å². The fraction of sp³-hybridized carbons (Fsp3) is 0.278. The van der Waals surface area contributed by atoms with Crippen LogP contribution in [0, 0.1) is 5.82 Å². The molecule has 1 aliphatic heterocycles. The Morgan fingerprint density at radius 3 is 2.81 bits per heavy atom. The summed E-state index contributed by atoms with van der Waals surface area (Å²) in [6.07, 6.45) is 3.02. The number of halogens is 1. The summed E-state index contributed by atoms with van der Waals surface area (Å²) in [4.78, 5) is 4.12. The highest BCUT2D eigenvalue weighted by molar-refractivity contribution is 7.89. The molecule has 0 unspecified atom stereocenters. The molecule has 1 aromatic carbocycles. The van der Waals surface area contributed by atoms with E-state index in [1.165, 1.54) is 22.5 Å². The Labute approximate surface area is 155 Å². The molecule has 3 heterocycles. The van der Waals surface area contributed by atoms with Gasteiger partial charge in [-0.1, -0.05) is 12.1 Å². The molecule has 0 aliphatic carbocycles. The Morgan fingerprint density at radius 1 is 1.15 bits per heavy atom. The van der Waals surface area contributed by atoms with Crippen molar-refractivity contribution in [3.8, 4) is 11.6 Å². The second kappa shape index (κ2) is 7.16. The largest absolute Gasteiger partial charge is 0.419 e. The maximum absolute atomic E-state index is 13.4. The van der Waals surface area contributed by atoms with Crippen LogP contribution in [0.2, 0.25) is 0 Å². The van der Waals surface area contributed by atoms with Crippen LogP contribution in [0.1, 0.15) is 24.7 Å². The lowest BCUT2D eigenvalue weighted by molar-refractivity contribution is 0.286. The molecule has 1 atom stereocenters. The molecule has 0 bridgehead atoms. The molecule has 1 aliphatic rings. The Morgan fingerprint density at radius 2 is 2.04 bits per heavy atom. The average Bonchev–Trinajstić information content (AvgIpc) is 3.19. The minimum Gasteiger partial charge on any atom is -0.419 e. The molecule has 7 nitrogen and oxygen atoms in total. The summed E-state index contributed by atoms with van der Waals surface area (Å²) in [5, 5.41) is 8.10. The van der Waals surface area contributed by atoms with Gasteiger partial charge in [-0.2, -0.15) is 4.31 Å². The molecular weight excluding hydrogens is 371 g/mol. The van der Waals surface area contributed by atoms with Gasteiger partial charge in [0.05, 0.1) is 10.8 Å². The summed E-state index contributed by atoms with van der Waals surface area (Å²) in [5.41, 5.74) is 0.566. The maximum Gasteiger partial charge on any atom is 0.266 e. The predicted octanol–water partition coefficient (Wildman–Crippen LogP) is 2.84. The van der Waals surface area contributed by atoms with Crippen molar-refractivity contribution < 1.29 is 17.2 Å². The van der Waals surface area contributed by atoms with Crippen LogP contribution in [0.25, 0.3) is 11.6 Å². The maximum atomic E-state index is 13.4. The molecular formula is C18H17FN4O3S. The van der Waals surface area contributed by atoms with Crippen LogP contribution in [-0.2, 0) is 10.0 Å². The number of aromatic nitrogens is 3. The smallest absolute Gasteiger partial charge is 0.266 e. The van der Waals surface area contributed by atoms with Crippen molar-refractivity contribution >= 4 is 10.0 Å². The van der Waals surface area contributed by atoms with Gasteiger partial charge in [-0.15, -0.1) is 10.2 Å². The number of hydrogen-bond donors (Lipinski definition) is 0. The van der Waals surface area contributed by atoms with E-state index in [1.54, 1.807) is 18.3 Å². The Balaban J connectivity index is 1.56. The monoisotopic (exact) mass is 388 g/mol. The second-order valence-electron chi connectivity index (χ2n) is 6.32. The number of rotatable bonds is 4. The number of pyridine rings is 1. The second-order valence-corrected chi connectivity index (χ2v) is 8.26. The van der Waals surface area contributed by atoms with Gasteiger partial charge in [0.25, 0.3) is 5.89 Å².